The molecule has 1 rings (SSSR count). The zero-order valence-electron chi connectivity index (χ0n) is 8.40. The third kappa shape index (κ3) is 3.32. The van der Waals surface area contributed by atoms with Crippen LogP contribution in [-0.2, 0) is 4.79 Å². The molecule has 0 unspecified atom stereocenters. The molecule has 0 saturated heterocycles. The molecule has 4 heteroatoms. The second-order valence-electron chi connectivity index (χ2n) is 3.46. The zero-order chi connectivity index (χ0) is 11.4. The molecule has 0 saturated carbocycles. The Morgan fingerprint density at radius 1 is 1.53 bits per heavy atom. The highest BCUT2D eigenvalue weighted by atomic mass is 19.1. The summed E-state index contributed by atoms with van der Waals surface area (Å²) >= 11 is 0. The number of carboxylic acids is 1. The molecule has 15 heavy (non-hydrogen) atoms. The lowest BCUT2D eigenvalue weighted by molar-refractivity contribution is -0.137. The third-order valence-electron chi connectivity index (χ3n) is 2.20. The van der Waals surface area contributed by atoms with Crippen molar-refractivity contribution in [3.05, 3.63) is 35.1 Å². The van der Waals surface area contributed by atoms with Crippen molar-refractivity contribution in [1.29, 1.82) is 0 Å². The van der Waals surface area contributed by atoms with Gasteiger partial charge in [0, 0.05) is 6.42 Å². The summed E-state index contributed by atoms with van der Waals surface area (Å²) < 4.78 is 12.9. The maximum Gasteiger partial charge on any atom is 0.303 e. The molecule has 82 valence electrons. The summed E-state index contributed by atoms with van der Waals surface area (Å²) in [5.41, 5.74) is 0.997. The number of benzene rings is 1. The first-order valence-corrected chi connectivity index (χ1v) is 4.66. The van der Waals surface area contributed by atoms with E-state index in [4.69, 9.17) is 5.11 Å². The van der Waals surface area contributed by atoms with Gasteiger partial charge < -0.3 is 10.2 Å². The Hall–Kier alpha value is -1.42. The number of carboxylic acid groups (broad SMARTS) is 1. The third-order valence-corrected chi connectivity index (χ3v) is 2.20. The highest BCUT2D eigenvalue weighted by Gasteiger charge is 2.10. The van der Waals surface area contributed by atoms with Crippen LogP contribution < -0.4 is 0 Å². The van der Waals surface area contributed by atoms with Gasteiger partial charge in [-0.1, -0.05) is 12.1 Å². The van der Waals surface area contributed by atoms with Crippen LogP contribution in [0.15, 0.2) is 18.2 Å². The van der Waals surface area contributed by atoms with E-state index in [1.807, 2.05) is 0 Å². The van der Waals surface area contributed by atoms with Crippen LogP contribution in [0.3, 0.4) is 0 Å². The summed E-state index contributed by atoms with van der Waals surface area (Å²) in [4.78, 5) is 10.3. The molecular weight excluding hydrogens is 199 g/mol. The van der Waals surface area contributed by atoms with Crippen LogP contribution in [0.1, 0.15) is 30.1 Å². The fraction of sp³-hybridized carbons (Fsp3) is 0.364. The van der Waals surface area contributed by atoms with Crippen molar-refractivity contribution < 1.29 is 19.4 Å². The first-order chi connectivity index (χ1) is 7.00. The van der Waals surface area contributed by atoms with Crippen LogP contribution in [0, 0.1) is 12.7 Å². The van der Waals surface area contributed by atoms with Crippen LogP contribution in [-0.4, -0.2) is 16.2 Å². The monoisotopic (exact) mass is 212 g/mol. The van der Waals surface area contributed by atoms with Crippen LogP contribution in [0.4, 0.5) is 4.39 Å². The molecule has 0 amide bonds. The van der Waals surface area contributed by atoms with Crippen LogP contribution in [0.5, 0.6) is 0 Å². The van der Waals surface area contributed by atoms with Gasteiger partial charge in [-0.3, -0.25) is 4.79 Å². The van der Waals surface area contributed by atoms with Crippen molar-refractivity contribution >= 4 is 5.97 Å². The average molecular weight is 212 g/mol. The van der Waals surface area contributed by atoms with Crippen molar-refractivity contribution in [3.8, 4) is 0 Å². The van der Waals surface area contributed by atoms with E-state index in [2.05, 4.69) is 0 Å². The van der Waals surface area contributed by atoms with E-state index in [1.165, 1.54) is 18.2 Å². The number of hydrogen-bond acceptors (Lipinski definition) is 2. The molecule has 0 bridgehead atoms. The molecule has 0 spiro atoms. The van der Waals surface area contributed by atoms with Gasteiger partial charge in [0.05, 0.1) is 6.10 Å². The Morgan fingerprint density at radius 3 is 2.73 bits per heavy atom. The van der Waals surface area contributed by atoms with E-state index in [0.717, 1.165) is 0 Å². The van der Waals surface area contributed by atoms with Crippen LogP contribution in [0.2, 0.25) is 0 Å². The number of hydrogen-bond donors (Lipinski definition) is 2. The maximum absolute atomic E-state index is 12.9. The number of aliphatic hydroxyl groups excluding tert-OH is 1. The molecule has 0 aliphatic carbocycles. The van der Waals surface area contributed by atoms with Crippen molar-refractivity contribution in [2.45, 2.75) is 25.9 Å². The number of halogens is 1. The molecule has 1 aromatic rings. The summed E-state index contributed by atoms with van der Waals surface area (Å²) in [7, 11) is 0. The second-order valence-corrected chi connectivity index (χ2v) is 3.46. The summed E-state index contributed by atoms with van der Waals surface area (Å²) in [6.07, 6.45) is -0.807. The normalized spacial score (nSPS) is 12.5. The first kappa shape index (κ1) is 11.7. The van der Waals surface area contributed by atoms with E-state index in [-0.39, 0.29) is 18.7 Å². The largest absolute Gasteiger partial charge is 0.481 e. The Bertz CT molecular complexity index is 363. The van der Waals surface area contributed by atoms with Gasteiger partial charge in [0.2, 0.25) is 0 Å². The molecule has 0 aliphatic heterocycles. The lowest BCUT2D eigenvalue weighted by Gasteiger charge is -2.10. The van der Waals surface area contributed by atoms with E-state index in [0.29, 0.717) is 11.1 Å². The topological polar surface area (TPSA) is 57.5 Å². The number of aliphatic hydroxyl groups is 1. The number of carbonyl (C=O) groups is 1. The molecule has 1 aromatic carbocycles. The van der Waals surface area contributed by atoms with E-state index >= 15 is 0 Å². The number of aryl methyl sites for hydroxylation is 1. The molecule has 0 heterocycles. The highest BCUT2D eigenvalue weighted by molar-refractivity contribution is 5.66. The van der Waals surface area contributed by atoms with Crippen molar-refractivity contribution in [2.75, 3.05) is 0 Å². The average Bonchev–Trinajstić information content (AvgIpc) is 2.18. The minimum Gasteiger partial charge on any atom is -0.481 e. The zero-order valence-corrected chi connectivity index (χ0v) is 8.40. The van der Waals surface area contributed by atoms with Gasteiger partial charge in [0.1, 0.15) is 5.82 Å². The first-order valence-electron chi connectivity index (χ1n) is 4.66. The minimum absolute atomic E-state index is 0.0996. The van der Waals surface area contributed by atoms with Gasteiger partial charge in [0.25, 0.3) is 0 Å². The smallest absolute Gasteiger partial charge is 0.303 e. The predicted molar refractivity (Wildman–Crippen MR) is 53.0 cm³/mol. The maximum atomic E-state index is 12.9. The van der Waals surface area contributed by atoms with Gasteiger partial charge in [-0.15, -0.1) is 0 Å². The molecule has 0 radical (unpaired) electrons. The van der Waals surface area contributed by atoms with E-state index < -0.39 is 12.1 Å². The molecule has 0 fully saturated rings. The standard InChI is InChI=1S/C11H13FO3/c1-7-6-8(2-3-9(7)12)10(13)4-5-11(14)15/h2-3,6,10,13H,4-5H2,1H3,(H,14,15)/t10-/m1/s1. The molecule has 0 aromatic heterocycles. The minimum atomic E-state index is -0.951. The van der Waals surface area contributed by atoms with Crippen molar-refractivity contribution in [2.24, 2.45) is 0 Å². The summed E-state index contributed by atoms with van der Waals surface area (Å²) in [6, 6.07) is 4.27. The van der Waals surface area contributed by atoms with Crippen molar-refractivity contribution in [1.82, 2.24) is 0 Å². The Morgan fingerprint density at radius 2 is 2.20 bits per heavy atom. The molecule has 0 aliphatic rings. The lowest BCUT2D eigenvalue weighted by atomic mass is 10.0. The second kappa shape index (κ2) is 4.89. The van der Waals surface area contributed by atoms with Gasteiger partial charge in [0.15, 0.2) is 0 Å². The van der Waals surface area contributed by atoms with E-state index in [1.54, 1.807) is 6.92 Å². The fourth-order valence-electron chi connectivity index (χ4n) is 1.30. The van der Waals surface area contributed by atoms with Crippen LogP contribution in [0.25, 0.3) is 0 Å². The Balaban J connectivity index is 2.69. The fourth-order valence-corrected chi connectivity index (χ4v) is 1.30. The molecule has 3 nitrogen and oxygen atoms in total. The Labute approximate surface area is 87.2 Å². The molecular formula is C11H13FO3. The quantitative estimate of drug-likeness (QED) is 0.802. The number of rotatable bonds is 4. The SMILES string of the molecule is Cc1cc([C@H](O)CCC(=O)O)ccc1F. The van der Waals surface area contributed by atoms with E-state index in [9.17, 15) is 14.3 Å². The van der Waals surface area contributed by atoms with Gasteiger partial charge in [-0.2, -0.15) is 0 Å². The molecule has 1 atom stereocenters. The van der Waals surface area contributed by atoms with Crippen LogP contribution >= 0.6 is 0 Å². The predicted octanol–water partition coefficient (Wildman–Crippen LogP) is 2.03. The molecule has 2 N–H and O–H groups in total. The highest BCUT2D eigenvalue weighted by Crippen LogP contribution is 2.20. The van der Waals surface area contributed by atoms with Gasteiger partial charge in [-0.25, -0.2) is 4.39 Å². The Kier molecular flexibility index (Phi) is 3.80. The van der Waals surface area contributed by atoms with Gasteiger partial charge in [-0.05, 0) is 30.5 Å². The van der Waals surface area contributed by atoms with Gasteiger partial charge >= 0.3 is 5.97 Å². The number of aliphatic carboxylic acids is 1. The lowest BCUT2D eigenvalue weighted by Crippen LogP contribution is -2.03. The summed E-state index contributed by atoms with van der Waals surface area (Å²) in [5, 5.41) is 18.0. The summed E-state index contributed by atoms with van der Waals surface area (Å²) in [5.74, 6) is -1.28. The summed E-state index contributed by atoms with van der Waals surface area (Å²) in [6.45, 7) is 1.60. The van der Waals surface area contributed by atoms with Crippen molar-refractivity contribution in [3.63, 3.8) is 0 Å².